The molecule has 0 aliphatic carbocycles. The van der Waals surface area contributed by atoms with E-state index in [2.05, 4.69) is 38.1 Å². The summed E-state index contributed by atoms with van der Waals surface area (Å²) in [7, 11) is 0. The van der Waals surface area contributed by atoms with Crippen molar-refractivity contribution < 1.29 is 4.79 Å². The second-order valence-corrected chi connectivity index (χ2v) is 5.46. The lowest BCUT2D eigenvalue weighted by Crippen LogP contribution is -2.12. The lowest BCUT2D eigenvalue weighted by Gasteiger charge is -2.04. The summed E-state index contributed by atoms with van der Waals surface area (Å²) in [5, 5.41) is 2.75. The summed E-state index contributed by atoms with van der Waals surface area (Å²) in [5.41, 5.74) is 0. The minimum Gasteiger partial charge on any atom is -0.309 e. The van der Waals surface area contributed by atoms with Crippen molar-refractivity contribution in [1.29, 1.82) is 0 Å². The molecule has 0 saturated heterocycles. The summed E-state index contributed by atoms with van der Waals surface area (Å²) >= 11 is 3.20. The smallest absolute Gasteiger partial charge is 0.225 e. The van der Waals surface area contributed by atoms with E-state index in [4.69, 9.17) is 0 Å². The van der Waals surface area contributed by atoms with Gasteiger partial charge in [0.25, 0.3) is 0 Å². The second-order valence-electron chi connectivity index (χ2n) is 4.64. The standard InChI is InChI=1S/C14H22BrN3O/c1-2-3-4-5-6-7-8-9-14(19)18-13-11-16-12(15)10-17-13/h10-11H,2-9H2,1H3,(H,17,18,19). The number of halogens is 1. The molecular formula is C14H22BrN3O. The van der Waals surface area contributed by atoms with Crippen molar-refractivity contribution in [2.45, 2.75) is 58.3 Å². The van der Waals surface area contributed by atoms with E-state index in [0.29, 0.717) is 16.8 Å². The number of aromatic nitrogens is 2. The molecule has 0 fully saturated rings. The average Bonchev–Trinajstić information content (AvgIpc) is 2.40. The molecular weight excluding hydrogens is 306 g/mol. The van der Waals surface area contributed by atoms with E-state index in [1.165, 1.54) is 32.1 Å². The molecule has 1 N–H and O–H groups in total. The third kappa shape index (κ3) is 7.93. The molecule has 1 amide bonds. The Bertz CT molecular complexity index is 367. The van der Waals surface area contributed by atoms with Crippen molar-refractivity contribution in [3.63, 3.8) is 0 Å². The molecule has 1 aromatic rings. The maximum atomic E-state index is 11.6. The van der Waals surface area contributed by atoms with E-state index in [1.807, 2.05) is 0 Å². The molecule has 4 nitrogen and oxygen atoms in total. The van der Waals surface area contributed by atoms with E-state index < -0.39 is 0 Å². The fraction of sp³-hybridized carbons (Fsp3) is 0.643. The predicted molar refractivity (Wildman–Crippen MR) is 81.0 cm³/mol. The van der Waals surface area contributed by atoms with Crippen LogP contribution < -0.4 is 5.32 Å². The molecule has 0 bridgehead atoms. The molecule has 106 valence electrons. The van der Waals surface area contributed by atoms with Crippen LogP contribution in [0.1, 0.15) is 58.3 Å². The Morgan fingerprint density at radius 3 is 2.42 bits per heavy atom. The summed E-state index contributed by atoms with van der Waals surface area (Å²) in [5.74, 6) is 0.529. The number of carbonyl (C=O) groups is 1. The van der Waals surface area contributed by atoms with Gasteiger partial charge in [-0.1, -0.05) is 45.4 Å². The SMILES string of the molecule is CCCCCCCCCC(=O)Nc1cnc(Br)cn1. The quantitative estimate of drug-likeness (QED) is 0.687. The van der Waals surface area contributed by atoms with Gasteiger partial charge in [0.1, 0.15) is 4.60 Å². The highest BCUT2D eigenvalue weighted by Crippen LogP contribution is 2.10. The zero-order valence-electron chi connectivity index (χ0n) is 11.5. The number of hydrogen-bond acceptors (Lipinski definition) is 3. The fourth-order valence-corrected chi connectivity index (χ4v) is 2.03. The maximum Gasteiger partial charge on any atom is 0.225 e. The lowest BCUT2D eigenvalue weighted by atomic mass is 10.1. The van der Waals surface area contributed by atoms with Gasteiger partial charge in [0.05, 0.1) is 12.4 Å². The highest BCUT2D eigenvalue weighted by Gasteiger charge is 2.03. The molecule has 5 heteroatoms. The fourth-order valence-electron chi connectivity index (χ4n) is 1.82. The number of rotatable bonds is 9. The summed E-state index contributed by atoms with van der Waals surface area (Å²) in [6.07, 6.45) is 12.2. The number of amides is 1. The van der Waals surface area contributed by atoms with Crippen LogP contribution in [-0.2, 0) is 4.79 Å². The first-order chi connectivity index (χ1) is 9.22. The minimum atomic E-state index is 0.0187. The Hall–Kier alpha value is -0.970. The third-order valence-corrected chi connectivity index (χ3v) is 3.30. The van der Waals surface area contributed by atoms with E-state index in [1.54, 1.807) is 12.4 Å². The minimum absolute atomic E-state index is 0.0187. The molecule has 0 radical (unpaired) electrons. The van der Waals surface area contributed by atoms with Crippen LogP contribution in [-0.4, -0.2) is 15.9 Å². The molecule has 19 heavy (non-hydrogen) atoms. The van der Waals surface area contributed by atoms with Gasteiger partial charge >= 0.3 is 0 Å². The van der Waals surface area contributed by atoms with Crippen LogP contribution in [0.3, 0.4) is 0 Å². The number of nitrogens with one attached hydrogen (secondary N) is 1. The van der Waals surface area contributed by atoms with E-state index in [0.717, 1.165) is 12.8 Å². The molecule has 1 aromatic heterocycles. The summed E-state index contributed by atoms with van der Waals surface area (Å²) < 4.78 is 0.664. The molecule has 0 atom stereocenters. The van der Waals surface area contributed by atoms with Gasteiger partial charge in [0.2, 0.25) is 5.91 Å². The van der Waals surface area contributed by atoms with Crippen molar-refractivity contribution in [3.8, 4) is 0 Å². The van der Waals surface area contributed by atoms with E-state index >= 15 is 0 Å². The van der Waals surface area contributed by atoms with Crippen molar-refractivity contribution >= 4 is 27.7 Å². The zero-order valence-corrected chi connectivity index (χ0v) is 13.1. The molecule has 0 aliphatic heterocycles. The Labute approximate surface area is 123 Å². The van der Waals surface area contributed by atoms with Gasteiger partial charge in [0, 0.05) is 6.42 Å². The normalized spacial score (nSPS) is 10.4. The zero-order chi connectivity index (χ0) is 13.9. The number of nitrogens with zero attached hydrogens (tertiary/aromatic N) is 2. The van der Waals surface area contributed by atoms with Crippen LogP contribution in [0.5, 0.6) is 0 Å². The summed E-state index contributed by atoms with van der Waals surface area (Å²) in [4.78, 5) is 19.7. The van der Waals surface area contributed by atoms with E-state index in [9.17, 15) is 4.79 Å². The van der Waals surface area contributed by atoms with Crippen LogP contribution in [0.15, 0.2) is 17.0 Å². The number of carbonyl (C=O) groups excluding carboxylic acids is 1. The van der Waals surface area contributed by atoms with Crippen LogP contribution in [0.2, 0.25) is 0 Å². The monoisotopic (exact) mass is 327 g/mol. The highest BCUT2D eigenvalue weighted by molar-refractivity contribution is 9.10. The number of hydrogen-bond donors (Lipinski definition) is 1. The van der Waals surface area contributed by atoms with Crippen LogP contribution in [0.4, 0.5) is 5.82 Å². The molecule has 0 unspecified atom stereocenters. The van der Waals surface area contributed by atoms with Crippen molar-refractivity contribution in [3.05, 3.63) is 17.0 Å². The molecule has 1 rings (SSSR count). The van der Waals surface area contributed by atoms with Crippen LogP contribution >= 0.6 is 15.9 Å². The van der Waals surface area contributed by atoms with Gasteiger partial charge in [-0.15, -0.1) is 0 Å². The van der Waals surface area contributed by atoms with Gasteiger partial charge in [-0.2, -0.15) is 0 Å². The van der Waals surface area contributed by atoms with Gasteiger partial charge in [-0.3, -0.25) is 4.79 Å². The summed E-state index contributed by atoms with van der Waals surface area (Å²) in [6, 6.07) is 0. The van der Waals surface area contributed by atoms with Crippen molar-refractivity contribution in [2.24, 2.45) is 0 Å². The second kappa shape index (κ2) is 9.89. The van der Waals surface area contributed by atoms with Crippen LogP contribution in [0, 0.1) is 0 Å². The van der Waals surface area contributed by atoms with Gasteiger partial charge < -0.3 is 5.32 Å². The van der Waals surface area contributed by atoms with Gasteiger partial charge in [0.15, 0.2) is 5.82 Å². The highest BCUT2D eigenvalue weighted by atomic mass is 79.9. The maximum absolute atomic E-state index is 11.6. The van der Waals surface area contributed by atoms with Gasteiger partial charge in [-0.25, -0.2) is 9.97 Å². The molecule has 1 heterocycles. The van der Waals surface area contributed by atoms with E-state index in [-0.39, 0.29) is 5.91 Å². The van der Waals surface area contributed by atoms with Crippen molar-refractivity contribution in [1.82, 2.24) is 9.97 Å². The first-order valence-electron chi connectivity index (χ1n) is 6.99. The average molecular weight is 328 g/mol. The molecule has 0 saturated carbocycles. The van der Waals surface area contributed by atoms with Crippen LogP contribution in [0.25, 0.3) is 0 Å². The first-order valence-corrected chi connectivity index (χ1v) is 7.79. The molecule has 0 aliphatic rings. The Morgan fingerprint density at radius 1 is 1.11 bits per heavy atom. The number of unbranched alkanes of at least 4 members (excludes halogenated alkanes) is 6. The predicted octanol–water partition coefficient (Wildman–Crippen LogP) is 4.32. The Morgan fingerprint density at radius 2 is 1.79 bits per heavy atom. The molecule has 0 aromatic carbocycles. The first kappa shape index (κ1) is 16.1. The summed E-state index contributed by atoms with van der Waals surface area (Å²) in [6.45, 7) is 2.22. The lowest BCUT2D eigenvalue weighted by molar-refractivity contribution is -0.116. The molecule has 0 spiro atoms. The Kier molecular flexibility index (Phi) is 8.38. The topological polar surface area (TPSA) is 54.9 Å². The largest absolute Gasteiger partial charge is 0.309 e. The van der Waals surface area contributed by atoms with Crippen molar-refractivity contribution in [2.75, 3.05) is 5.32 Å². The Balaban J connectivity index is 2.06. The third-order valence-electron chi connectivity index (χ3n) is 2.90. The number of anilines is 1. The van der Waals surface area contributed by atoms with Gasteiger partial charge in [-0.05, 0) is 22.4 Å².